The number of allylic oxidation sites excluding steroid dienone is 8. The molecule has 0 aromatic carbocycles. The van der Waals surface area contributed by atoms with E-state index >= 15 is 0 Å². The molecular formula is C43H74O6. The maximum atomic E-state index is 12.0. The molecule has 0 fully saturated rings. The molecule has 0 aliphatic rings. The zero-order valence-electron chi connectivity index (χ0n) is 31.7. The van der Waals surface area contributed by atoms with Crippen molar-refractivity contribution in [2.75, 3.05) is 13.2 Å². The third kappa shape index (κ3) is 38.2. The van der Waals surface area contributed by atoms with Crippen LogP contribution < -0.4 is 0 Å². The van der Waals surface area contributed by atoms with E-state index in [0.717, 1.165) is 50.9 Å². The highest BCUT2D eigenvalue weighted by molar-refractivity contribution is 5.69. The number of ether oxygens (including phenoxy) is 2. The van der Waals surface area contributed by atoms with E-state index < -0.39 is 12.2 Å². The molecule has 0 heterocycles. The topological polar surface area (TPSA) is 93.1 Å². The Kier molecular flexibility index (Phi) is 35.0. The van der Waals surface area contributed by atoms with Gasteiger partial charge in [0.1, 0.15) is 19.3 Å². The van der Waals surface area contributed by atoms with E-state index in [1.165, 1.54) is 77.0 Å². The Morgan fingerprint density at radius 2 is 1.06 bits per heavy atom. The fourth-order valence-electron chi connectivity index (χ4n) is 5.27. The number of hydrogen-bond acceptors (Lipinski definition) is 6. The molecule has 1 unspecified atom stereocenters. The molecule has 0 aliphatic carbocycles. The average molecular weight is 687 g/mol. The summed E-state index contributed by atoms with van der Waals surface area (Å²) in [6.45, 7) is 6.41. The zero-order valence-corrected chi connectivity index (χ0v) is 31.7. The van der Waals surface area contributed by atoms with Crippen LogP contribution in [0.5, 0.6) is 0 Å². The summed E-state index contributed by atoms with van der Waals surface area (Å²) in [6.07, 6.45) is 43.1. The Hall–Kier alpha value is -2.44. The highest BCUT2D eigenvalue weighted by Gasteiger charge is 2.12. The second kappa shape index (κ2) is 36.8. The first-order chi connectivity index (χ1) is 23.8. The van der Waals surface area contributed by atoms with Crippen molar-refractivity contribution in [1.29, 1.82) is 0 Å². The van der Waals surface area contributed by atoms with Crippen LogP contribution in [0.2, 0.25) is 0 Å². The number of carbonyl (C=O) groups excluding carboxylic acids is 2. The normalized spacial score (nSPS) is 13.6. The van der Waals surface area contributed by atoms with Crippen molar-refractivity contribution >= 4 is 11.9 Å². The van der Waals surface area contributed by atoms with Gasteiger partial charge in [-0.1, -0.05) is 171 Å². The third-order valence-electron chi connectivity index (χ3n) is 8.28. The van der Waals surface area contributed by atoms with Gasteiger partial charge in [0.25, 0.3) is 0 Å². The molecule has 0 saturated heterocycles. The maximum absolute atomic E-state index is 12.0. The molecule has 0 aliphatic heterocycles. The van der Waals surface area contributed by atoms with Gasteiger partial charge in [0.2, 0.25) is 0 Å². The van der Waals surface area contributed by atoms with Crippen molar-refractivity contribution in [1.82, 2.24) is 0 Å². The molecule has 0 aromatic heterocycles. The third-order valence-corrected chi connectivity index (χ3v) is 8.28. The number of aliphatic hydroxyl groups excluding tert-OH is 2. The van der Waals surface area contributed by atoms with Crippen molar-refractivity contribution in [3.05, 3.63) is 60.8 Å². The first-order valence-corrected chi connectivity index (χ1v) is 19.8. The summed E-state index contributed by atoms with van der Waals surface area (Å²) in [5.74, 6) is 0.175. The number of hydrogen-bond donors (Lipinski definition) is 2. The number of unbranched alkanes of at least 4 members (excludes halogenated alkanes) is 14. The molecule has 0 amide bonds. The fourth-order valence-corrected chi connectivity index (χ4v) is 5.27. The van der Waals surface area contributed by atoms with Gasteiger partial charge < -0.3 is 19.7 Å². The molecule has 49 heavy (non-hydrogen) atoms. The molecule has 6 heteroatoms. The van der Waals surface area contributed by atoms with Crippen molar-refractivity contribution in [3.63, 3.8) is 0 Å². The minimum absolute atomic E-state index is 0.150. The van der Waals surface area contributed by atoms with E-state index in [-0.39, 0.29) is 31.6 Å². The molecule has 0 bridgehead atoms. The van der Waals surface area contributed by atoms with Crippen molar-refractivity contribution in [2.45, 2.75) is 181 Å². The van der Waals surface area contributed by atoms with Crippen molar-refractivity contribution in [2.24, 2.45) is 5.92 Å². The fraction of sp³-hybridized carbons (Fsp3) is 0.721. The van der Waals surface area contributed by atoms with Gasteiger partial charge in [-0.25, -0.2) is 0 Å². The Bertz CT molecular complexity index is 900. The van der Waals surface area contributed by atoms with Crippen LogP contribution >= 0.6 is 0 Å². The minimum atomic E-state index is -1.01. The van der Waals surface area contributed by atoms with Crippen LogP contribution in [0.15, 0.2) is 60.8 Å². The monoisotopic (exact) mass is 687 g/mol. The number of aliphatic hydroxyl groups is 2. The van der Waals surface area contributed by atoms with E-state index in [1.54, 1.807) is 6.08 Å². The lowest BCUT2D eigenvalue weighted by atomic mass is 10.0. The highest BCUT2D eigenvalue weighted by Crippen LogP contribution is 2.15. The molecule has 0 spiro atoms. The van der Waals surface area contributed by atoms with E-state index in [0.29, 0.717) is 19.3 Å². The largest absolute Gasteiger partial charge is 0.463 e. The van der Waals surface area contributed by atoms with Crippen LogP contribution in [0.4, 0.5) is 0 Å². The van der Waals surface area contributed by atoms with Gasteiger partial charge in [0, 0.05) is 12.8 Å². The predicted molar refractivity (Wildman–Crippen MR) is 206 cm³/mol. The first-order valence-electron chi connectivity index (χ1n) is 19.8. The Morgan fingerprint density at radius 1 is 0.571 bits per heavy atom. The Morgan fingerprint density at radius 3 is 1.63 bits per heavy atom. The zero-order chi connectivity index (χ0) is 36.0. The molecule has 0 radical (unpaired) electrons. The summed E-state index contributed by atoms with van der Waals surface area (Å²) < 4.78 is 10.3. The molecule has 282 valence electrons. The average Bonchev–Trinajstić information content (AvgIpc) is 3.08. The van der Waals surface area contributed by atoms with Gasteiger partial charge >= 0.3 is 11.9 Å². The van der Waals surface area contributed by atoms with Gasteiger partial charge in [-0.15, -0.1) is 0 Å². The first kappa shape index (κ1) is 46.6. The van der Waals surface area contributed by atoms with E-state index in [4.69, 9.17) is 9.47 Å². The van der Waals surface area contributed by atoms with Crippen LogP contribution in [0.1, 0.15) is 168 Å². The van der Waals surface area contributed by atoms with E-state index in [1.807, 2.05) is 36.5 Å². The molecule has 6 nitrogen and oxygen atoms in total. The van der Waals surface area contributed by atoms with Crippen LogP contribution in [0.25, 0.3) is 0 Å². The standard InChI is InChI=1S/C43H74O6/c1-4-5-6-7-23-28-33-40(44)34-29-24-19-16-17-21-26-31-36-43(47)49-38-41(45)37-48-42(46)35-30-25-20-15-13-11-9-8-10-12-14-18-22-27-32-39(2)3/h5-6,17,19,21,23-24,28-29,34,39-41,44-45H,4,7-16,18,20,22,25-27,30-33,35-38H2,1-3H3/b6-5-,21-17-,24-19-,28-23-,34-29+/t40?,41-/m1/s1. The van der Waals surface area contributed by atoms with Gasteiger partial charge in [0.15, 0.2) is 0 Å². The molecular weight excluding hydrogens is 612 g/mol. The lowest BCUT2D eigenvalue weighted by molar-refractivity contribution is -0.152. The van der Waals surface area contributed by atoms with Crippen LogP contribution in [-0.4, -0.2) is 47.6 Å². The maximum Gasteiger partial charge on any atom is 0.305 e. The summed E-state index contributed by atoms with van der Waals surface area (Å²) >= 11 is 0. The van der Waals surface area contributed by atoms with Gasteiger partial charge in [0.05, 0.1) is 6.10 Å². The van der Waals surface area contributed by atoms with Crippen LogP contribution in [0, 0.1) is 5.92 Å². The summed E-state index contributed by atoms with van der Waals surface area (Å²) in [5, 5.41) is 19.9. The second-order valence-electron chi connectivity index (χ2n) is 13.7. The summed E-state index contributed by atoms with van der Waals surface area (Å²) in [4.78, 5) is 23.9. The minimum Gasteiger partial charge on any atom is -0.463 e. The lowest BCUT2D eigenvalue weighted by Gasteiger charge is -2.12. The second-order valence-corrected chi connectivity index (χ2v) is 13.7. The van der Waals surface area contributed by atoms with Gasteiger partial charge in [-0.2, -0.15) is 0 Å². The number of rotatable bonds is 34. The predicted octanol–water partition coefficient (Wildman–Crippen LogP) is 11.2. The SMILES string of the molecule is CC/C=C\C/C=C\CC(O)/C=C/C=C\C/C=C\CCCC(=O)OC[C@H](O)COC(=O)CCCCCCCCCCCCCCCCC(C)C. The van der Waals surface area contributed by atoms with Crippen LogP contribution in [0.3, 0.4) is 0 Å². The molecule has 0 aromatic rings. The van der Waals surface area contributed by atoms with Gasteiger partial charge in [-0.05, 0) is 50.9 Å². The van der Waals surface area contributed by atoms with Gasteiger partial charge in [-0.3, -0.25) is 9.59 Å². The lowest BCUT2D eigenvalue weighted by Crippen LogP contribution is -2.25. The number of carbonyl (C=O) groups is 2. The highest BCUT2D eigenvalue weighted by atomic mass is 16.6. The number of esters is 2. The smallest absolute Gasteiger partial charge is 0.305 e. The van der Waals surface area contributed by atoms with E-state index in [2.05, 4.69) is 39.0 Å². The Balaban J connectivity index is 3.59. The summed E-state index contributed by atoms with van der Waals surface area (Å²) in [7, 11) is 0. The quantitative estimate of drug-likeness (QED) is 0.0303. The van der Waals surface area contributed by atoms with Crippen molar-refractivity contribution < 1.29 is 29.3 Å². The molecule has 0 saturated carbocycles. The Labute approximate surface area is 301 Å². The summed E-state index contributed by atoms with van der Waals surface area (Å²) in [5.41, 5.74) is 0. The van der Waals surface area contributed by atoms with Crippen LogP contribution in [-0.2, 0) is 19.1 Å². The summed E-state index contributed by atoms with van der Waals surface area (Å²) in [6, 6.07) is 0. The molecule has 0 rings (SSSR count). The molecule has 2 atom stereocenters. The molecule has 2 N–H and O–H groups in total. The van der Waals surface area contributed by atoms with E-state index in [9.17, 15) is 19.8 Å². The van der Waals surface area contributed by atoms with Crippen molar-refractivity contribution in [3.8, 4) is 0 Å².